The number of para-hydroxylation sites is 1. The Morgan fingerprint density at radius 1 is 1.06 bits per heavy atom. The molecule has 3 aromatic rings. The van der Waals surface area contributed by atoms with Gasteiger partial charge in [0.2, 0.25) is 0 Å². The Balaban J connectivity index is 1.47. The first kappa shape index (κ1) is 23.4. The quantitative estimate of drug-likeness (QED) is 0.445. The average molecular weight is 490 g/mol. The number of alkyl halides is 3. The van der Waals surface area contributed by atoms with E-state index in [4.69, 9.17) is 10.00 Å². The third-order valence-electron chi connectivity index (χ3n) is 6.29. The number of carbonyl (C=O) groups is 1. The van der Waals surface area contributed by atoms with Crippen LogP contribution in [-0.4, -0.2) is 47.2 Å². The lowest BCUT2D eigenvalue weighted by molar-refractivity contribution is -0.137. The molecule has 2 aliphatic heterocycles. The Hall–Kier alpha value is -4.32. The second-order valence-corrected chi connectivity index (χ2v) is 8.70. The highest BCUT2D eigenvalue weighted by Gasteiger charge is 2.34. The van der Waals surface area contributed by atoms with Gasteiger partial charge in [0.15, 0.2) is 5.75 Å². The molecule has 3 aromatic carbocycles. The third-order valence-corrected chi connectivity index (χ3v) is 6.29. The summed E-state index contributed by atoms with van der Waals surface area (Å²) < 4.78 is 46.1. The lowest BCUT2D eigenvalue weighted by Gasteiger charge is -2.41. The molecule has 6 nitrogen and oxygen atoms in total. The first-order valence-electron chi connectivity index (χ1n) is 11.4. The summed E-state index contributed by atoms with van der Waals surface area (Å²) >= 11 is 0. The van der Waals surface area contributed by atoms with Crippen LogP contribution < -0.4 is 4.74 Å². The number of hydrogen-bond donors (Lipinski definition) is 0. The Labute approximate surface area is 205 Å². The molecule has 36 heavy (non-hydrogen) atoms. The van der Waals surface area contributed by atoms with Crippen LogP contribution in [0, 0.1) is 11.3 Å². The summed E-state index contributed by atoms with van der Waals surface area (Å²) in [6, 6.07) is 18.9. The van der Waals surface area contributed by atoms with Crippen LogP contribution in [-0.2, 0) is 6.18 Å². The maximum atomic E-state index is 13.4. The van der Waals surface area contributed by atoms with Crippen molar-refractivity contribution < 1.29 is 22.7 Å². The monoisotopic (exact) mass is 490 g/mol. The molecule has 0 spiro atoms. The van der Waals surface area contributed by atoms with E-state index in [9.17, 15) is 18.0 Å². The van der Waals surface area contributed by atoms with Crippen LogP contribution in [0.25, 0.3) is 0 Å². The molecule has 2 aliphatic rings. The van der Waals surface area contributed by atoms with Crippen molar-refractivity contribution in [1.82, 2.24) is 9.80 Å². The molecule has 0 aromatic heterocycles. The number of piperazine rings is 1. The topological polar surface area (TPSA) is 68.9 Å². The summed E-state index contributed by atoms with van der Waals surface area (Å²) in [6.45, 7) is 3.14. The molecule has 1 saturated heterocycles. The van der Waals surface area contributed by atoms with E-state index in [0.29, 0.717) is 47.9 Å². The molecule has 0 N–H and O–H groups in total. The molecule has 1 fully saturated rings. The molecule has 182 valence electrons. The summed E-state index contributed by atoms with van der Waals surface area (Å²) in [5.41, 5.74) is 0.802. The smallest absolute Gasteiger partial charge is 0.416 e. The van der Waals surface area contributed by atoms with E-state index in [1.54, 1.807) is 41.3 Å². The van der Waals surface area contributed by atoms with Crippen LogP contribution in [0.1, 0.15) is 34.0 Å². The molecule has 0 bridgehead atoms. The van der Waals surface area contributed by atoms with Gasteiger partial charge in [-0.1, -0.05) is 18.2 Å². The van der Waals surface area contributed by atoms with E-state index in [1.165, 1.54) is 6.07 Å². The van der Waals surface area contributed by atoms with Crippen molar-refractivity contribution in [2.75, 3.05) is 19.6 Å². The highest BCUT2D eigenvalue weighted by Crippen LogP contribution is 2.41. The highest BCUT2D eigenvalue weighted by molar-refractivity contribution is 6.04. The van der Waals surface area contributed by atoms with Crippen LogP contribution in [0.4, 0.5) is 18.9 Å². The van der Waals surface area contributed by atoms with E-state index in [1.807, 2.05) is 30.0 Å². The maximum Gasteiger partial charge on any atom is 0.416 e. The summed E-state index contributed by atoms with van der Waals surface area (Å²) in [5, 5.41) is 9.15. The van der Waals surface area contributed by atoms with Crippen molar-refractivity contribution in [1.29, 1.82) is 5.26 Å². The van der Waals surface area contributed by atoms with Gasteiger partial charge in [0.05, 0.1) is 22.8 Å². The number of aliphatic imine (C=N–C) groups is 1. The van der Waals surface area contributed by atoms with Gasteiger partial charge in [-0.05, 0) is 55.5 Å². The van der Waals surface area contributed by atoms with Crippen molar-refractivity contribution in [2.24, 2.45) is 4.99 Å². The Morgan fingerprint density at radius 2 is 1.86 bits per heavy atom. The predicted octanol–water partition coefficient (Wildman–Crippen LogP) is 5.61. The molecular formula is C27H21F3N4O2. The zero-order valence-electron chi connectivity index (χ0n) is 19.3. The molecule has 0 saturated carbocycles. The number of halogens is 3. The number of carbonyl (C=O) groups excluding carboxylic acids is 1. The zero-order chi connectivity index (χ0) is 25.4. The average Bonchev–Trinajstić information content (AvgIpc) is 3.04. The number of nitrogens with zero attached hydrogens (tertiary/aromatic N) is 4. The van der Waals surface area contributed by atoms with Crippen LogP contribution in [0.3, 0.4) is 0 Å². The lowest BCUT2D eigenvalue weighted by atomic mass is 10.1. The summed E-state index contributed by atoms with van der Waals surface area (Å²) in [6.07, 6.45) is -4.51. The van der Waals surface area contributed by atoms with Gasteiger partial charge in [0.1, 0.15) is 17.3 Å². The Morgan fingerprint density at radius 3 is 2.61 bits per heavy atom. The first-order valence-corrected chi connectivity index (χ1v) is 11.4. The summed E-state index contributed by atoms with van der Waals surface area (Å²) in [7, 11) is 0. The largest absolute Gasteiger partial charge is 0.454 e. The van der Waals surface area contributed by atoms with Gasteiger partial charge in [-0.3, -0.25) is 4.79 Å². The number of fused-ring (bicyclic) bond motifs is 2. The van der Waals surface area contributed by atoms with E-state index in [2.05, 4.69) is 4.99 Å². The van der Waals surface area contributed by atoms with E-state index < -0.39 is 11.7 Å². The van der Waals surface area contributed by atoms with E-state index in [0.717, 1.165) is 12.1 Å². The maximum absolute atomic E-state index is 13.4. The number of hydrogen-bond acceptors (Lipinski definition) is 5. The van der Waals surface area contributed by atoms with Gasteiger partial charge in [-0.25, -0.2) is 4.99 Å². The molecule has 0 aliphatic carbocycles. The van der Waals surface area contributed by atoms with Crippen LogP contribution in [0.15, 0.2) is 71.7 Å². The predicted molar refractivity (Wildman–Crippen MR) is 127 cm³/mol. The molecule has 5 rings (SSSR count). The van der Waals surface area contributed by atoms with Gasteiger partial charge in [-0.15, -0.1) is 0 Å². The number of amidine groups is 1. The van der Waals surface area contributed by atoms with Gasteiger partial charge in [0, 0.05) is 31.2 Å². The molecule has 0 radical (unpaired) electrons. The number of rotatable bonds is 1. The normalized spacial score (nSPS) is 17.2. The van der Waals surface area contributed by atoms with Gasteiger partial charge < -0.3 is 14.5 Å². The lowest BCUT2D eigenvalue weighted by Crippen LogP contribution is -2.55. The minimum atomic E-state index is -4.51. The molecule has 1 atom stereocenters. The van der Waals surface area contributed by atoms with Gasteiger partial charge >= 0.3 is 6.18 Å². The first-order chi connectivity index (χ1) is 17.2. The Bertz CT molecular complexity index is 1410. The van der Waals surface area contributed by atoms with Crippen molar-refractivity contribution in [3.8, 4) is 17.6 Å². The van der Waals surface area contributed by atoms with Crippen molar-refractivity contribution in [3.63, 3.8) is 0 Å². The number of ether oxygens (including phenoxy) is 1. The number of nitriles is 1. The zero-order valence-corrected chi connectivity index (χ0v) is 19.3. The van der Waals surface area contributed by atoms with Crippen LogP contribution >= 0.6 is 0 Å². The van der Waals surface area contributed by atoms with Gasteiger partial charge in [0.25, 0.3) is 5.91 Å². The van der Waals surface area contributed by atoms with Crippen molar-refractivity contribution >= 4 is 17.4 Å². The van der Waals surface area contributed by atoms with Crippen molar-refractivity contribution in [2.45, 2.75) is 19.1 Å². The summed E-state index contributed by atoms with van der Waals surface area (Å²) in [5.74, 6) is 1.05. The fourth-order valence-electron chi connectivity index (χ4n) is 4.48. The van der Waals surface area contributed by atoms with E-state index >= 15 is 0 Å². The fourth-order valence-corrected chi connectivity index (χ4v) is 4.48. The van der Waals surface area contributed by atoms with Crippen molar-refractivity contribution in [3.05, 3.63) is 89.0 Å². The fraction of sp³-hybridized carbons (Fsp3) is 0.222. The number of amides is 1. The SMILES string of the molecule is CC1CN(C2=Nc3cc(C(F)(F)F)ccc3Oc3ccccc32)CCN1C(=O)c1cccc(C#N)c1. The molecule has 1 amide bonds. The highest BCUT2D eigenvalue weighted by atomic mass is 19.4. The molecular weight excluding hydrogens is 469 g/mol. The Kier molecular flexibility index (Phi) is 5.88. The third kappa shape index (κ3) is 4.38. The minimum Gasteiger partial charge on any atom is -0.454 e. The minimum absolute atomic E-state index is 0.0931. The van der Waals surface area contributed by atoms with Crippen LogP contribution in [0.2, 0.25) is 0 Å². The standard InChI is InChI=1S/C27H21F3N4O2/c1-17-16-33(11-12-34(17)26(35)19-6-4-5-18(13-19)15-31)25-21-7-2-3-8-23(21)36-24-10-9-20(27(28,29)30)14-22(24)32-25/h2-10,13-14,17H,11-12,16H2,1H3. The second kappa shape index (κ2) is 9.04. The second-order valence-electron chi connectivity index (χ2n) is 8.70. The molecule has 1 unspecified atom stereocenters. The van der Waals surface area contributed by atoms with Gasteiger partial charge in [-0.2, -0.15) is 18.4 Å². The number of benzene rings is 3. The van der Waals surface area contributed by atoms with Crippen LogP contribution in [0.5, 0.6) is 11.5 Å². The van der Waals surface area contributed by atoms with E-state index in [-0.39, 0.29) is 23.4 Å². The summed E-state index contributed by atoms with van der Waals surface area (Å²) in [4.78, 5) is 21.5. The molecule has 9 heteroatoms. The molecule has 2 heterocycles.